The van der Waals surface area contributed by atoms with Crippen LogP contribution >= 0.6 is 0 Å². The fraction of sp³-hybridized carbons (Fsp3) is 0.500. The Kier molecular flexibility index (Phi) is 5.53. The highest BCUT2D eigenvalue weighted by atomic mass is 16.5. The summed E-state index contributed by atoms with van der Waals surface area (Å²) >= 11 is 0. The molecule has 8 nitrogen and oxygen atoms in total. The molecule has 140 valence electrons. The van der Waals surface area contributed by atoms with Crippen LogP contribution in [0, 0.1) is 13.8 Å². The monoisotopic (exact) mass is 361 g/mol. The van der Waals surface area contributed by atoms with Crippen molar-refractivity contribution < 1.29 is 18.8 Å². The molecule has 0 saturated carbocycles. The molecule has 0 spiro atoms. The quantitative estimate of drug-likeness (QED) is 0.857. The highest BCUT2D eigenvalue weighted by Gasteiger charge is 2.29. The highest BCUT2D eigenvalue weighted by molar-refractivity contribution is 5.94. The Morgan fingerprint density at radius 1 is 1.46 bits per heavy atom. The number of rotatable bonds is 5. The van der Waals surface area contributed by atoms with Crippen LogP contribution in [0.3, 0.4) is 0 Å². The first-order chi connectivity index (χ1) is 12.5. The highest BCUT2D eigenvalue weighted by Crippen LogP contribution is 2.18. The van der Waals surface area contributed by atoms with E-state index in [1.807, 2.05) is 13.8 Å². The molecule has 8 heteroatoms. The van der Waals surface area contributed by atoms with E-state index < -0.39 is 0 Å². The molecule has 1 N–H and O–H groups in total. The molecule has 0 unspecified atom stereocenters. The van der Waals surface area contributed by atoms with Crippen molar-refractivity contribution in [3.8, 4) is 0 Å². The van der Waals surface area contributed by atoms with Gasteiger partial charge in [0, 0.05) is 37.0 Å². The number of nitrogens with one attached hydrogen (secondary N) is 1. The number of hydrogen-bond donors (Lipinski definition) is 1. The minimum Gasteiger partial charge on any atom is -0.379 e. The smallest absolute Gasteiger partial charge is 0.251 e. The summed E-state index contributed by atoms with van der Waals surface area (Å²) in [5.74, 6) is 0.416. The number of carbonyl (C=O) groups excluding carboxylic acids is 1. The van der Waals surface area contributed by atoms with Gasteiger partial charge < -0.3 is 23.9 Å². The topological polar surface area (TPSA) is 95.6 Å². The van der Waals surface area contributed by atoms with Crippen molar-refractivity contribution in [2.75, 3.05) is 13.2 Å². The van der Waals surface area contributed by atoms with Gasteiger partial charge in [-0.2, -0.15) is 0 Å². The zero-order valence-corrected chi connectivity index (χ0v) is 15.2. The number of aromatic nitrogens is 2. The molecule has 1 fully saturated rings. The molecule has 0 aliphatic carbocycles. The third-order valence-corrected chi connectivity index (χ3v) is 4.60. The molecule has 2 aromatic rings. The fourth-order valence-electron chi connectivity index (χ4n) is 2.89. The lowest BCUT2D eigenvalue weighted by Crippen LogP contribution is -2.50. The second-order valence-corrected chi connectivity index (χ2v) is 6.46. The second-order valence-electron chi connectivity index (χ2n) is 6.46. The summed E-state index contributed by atoms with van der Waals surface area (Å²) in [6.07, 6.45) is 2.05. The Labute approximate surface area is 151 Å². The van der Waals surface area contributed by atoms with Crippen LogP contribution in [0.4, 0.5) is 0 Å². The molecule has 0 bridgehead atoms. The molecule has 26 heavy (non-hydrogen) atoms. The summed E-state index contributed by atoms with van der Waals surface area (Å²) < 4.78 is 18.1. The van der Waals surface area contributed by atoms with Gasteiger partial charge in [0.25, 0.3) is 11.5 Å². The van der Waals surface area contributed by atoms with Crippen molar-refractivity contribution in [2.45, 2.75) is 39.0 Å². The molecule has 1 aliphatic heterocycles. The standard InChI is InChI=1S/C18H23N3O5/c1-11-14(12(2)26-20-11)9-25-16-5-7-24-10-15(16)19-18(23)13-4-6-21(3)17(22)8-13/h4,6,8,15-16H,5,7,9-10H2,1-3H3,(H,19,23)/t15-,16+/m0/s1. The Hall–Kier alpha value is -2.45. The predicted molar refractivity (Wildman–Crippen MR) is 92.9 cm³/mol. The zero-order chi connectivity index (χ0) is 18.7. The van der Waals surface area contributed by atoms with Crippen LogP contribution in [-0.2, 0) is 23.1 Å². The van der Waals surface area contributed by atoms with Gasteiger partial charge in [-0.15, -0.1) is 0 Å². The third-order valence-electron chi connectivity index (χ3n) is 4.60. The van der Waals surface area contributed by atoms with Gasteiger partial charge in [0.2, 0.25) is 0 Å². The van der Waals surface area contributed by atoms with E-state index in [0.29, 0.717) is 31.8 Å². The van der Waals surface area contributed by atoms with Gasteiger partial charge in [0.15, 0.2) is 0 Å². The Morgan fingerprint density at radius 2 is 2.27 bits per heavy atom. The van der Waals surface area contributed by atoms with Crippen LogP contribution in [0.15, 0.2) is 27.6 Å². The van der Waals surface area contributed by atoms with Gasteiger partial charge >= 0.3 is 0 Å². The van der Waals surface area contributed by atoms with E-state index in [1.165, 1.54) is 10.6 Å². The molecular weight excluding hydrogens is 338 g/mol. The van der Waals surface area contributed by atoms with Crippen molar-refractivity contribution >= 4 is 5.91 Å². The van der Waals surface area contributed by atoms with Gasteiger partial charge in [0.1, 0.15) is 5.76 Å². The summed E-state index contributed by atoms with van der Waals surface area (Å²) in [5, 5.41) is 6.84. The van der Waals surface area contributed by atoms with Crippen molar-refractivity contribution in [1.29, 1.82) is 0 Å². The fourth-order valence-corrected chi connectivity index (χ4v) is 2.89. The number of carbonyl (C=O) groups is 1. The van der Waals surface area contributed by atoms with E-state index in [0.717, 1.165) is 17.0 Å². The maximum Gasteiger partial charge on any atom is 0.251 e. The first-order valence-electron chi connectivity index (χ1n) is 8.54. The van der Waals surface area contributed by atoms with Crippen molar-refractivity contribution in [2.24, 2.45) is 7.05 Å². The van der Waals surface area contributed by atoms with E-state index in [9.17, 15) is 9.59 Å². The number of pyridine rings is 1. The van der Waals surface area contributed by atoms with Gasteiger partial charge in [-0.05, 0) is 26.3 Å². The maximum absolute atomic E-state index is 12.5. The Balaban J connectivity index is 1.65. The van der Waals surface area contributed by atoms with Gasteiger partial charge in [-0.1, -0.05) is 5.16 Å². The molecule has 3 rings (SSSR count). The summed E-state index contributed by atoms with van der Waals surface area (Å²) in [6.45, 7) is 5.02. The van der Waals surface area contributed by atoms with Crippen LogP contribution in [0.25, 0.3) is 0 Å². The maximum atomic E-state index is 12.5. The average molecular weight is 361 g/mol. The number of amides is 1. The lowest BCUT2D eigenvalue weighted by molar-refractivity contribution is -0.0608. The zero-order valence-electron chi connectivity index (χ0n) is 15.2. The van der Waals surface area contributed by atoms with Crippen molar-refractivity contribution in [3.05, 3.63) is 51.3 Å². The first kappa shape index (κ1) is 18.3. The van der Waals surface area contributed by atoms with Crippen molar-refractivity contribution in [3.63, 3.8) is 0 Å². The van der Waals surface area contributed by atoms with E-state index in [2.05, 4.69) is 10.5 Å². The summed E-state index contributed by atoms with van der Waals surface area (Å²) in [5.41, 5.74) is 1.82. The van der Waals surface area contributed by atoms with Crippen LogP contribution < -0.4 is 10.9 Å². The normalized spacial score (nSPS) is 20.1. The number of aryl methyl sites for hydroxylation is 3. The minimum absolute atomic E-state index is 0.187. The molecule has 0 aromatic carbocycles. The molecule has 3 heterocycles. The molecule has 0 radical (unpaired) electrons. The molecule has 1 amide bonds. The molecule has 2 atom stereocenters. The summed E-state index contributed by atoms with van der Waals surface area (Å²) in [4.78, 5) is 24.2. The van der Waals surface area contributed by atoms with Crippen LogP contribution in [0.2, 0.25) is 0 Å². The second kappa shape index (κ2) is 7.84. The lowest BCUT2D eigenvalue weighted by atomic mass is 10.1. The average Bonchev–Trinajstić information content (AvgIpc) is 2.94. The van der Waals surface area contributed by atoms with Gasteiger partial charge in [0.05, 0.1) is 31.1 Å². The van der Waals surface area contributed by atoms with Crippen LogP contribution in [0.5, 0.6) is 0 Å². The van der Waals surface area contributed by atoms with Crippen molar-refractivity contribution in [1.82, 2.24) is 15.0 Å². The van der Waals surface area contributed by atoms with E-state index in [4.69, 9.17) is 14.0 Å². The predicted octanol–water partition coefficient (Wildman–Crippen LogP) is 1.09. The first-order valence-corrected chi connectivity index (χ1v) is 8.54. The molecule has 1 saturated heterocycles. The number of hydrogen-bond acceptors (Lipinski definition) is 6. The summed E-state index contributed by atoms with van der Waals surface area (Å²) in [6, 6.07) is 2.64. The Bertz CT molecular complexity index is 822. The largest absolute Gasteiger partial charge is 0.379 e. The molecule has 1 aliphatic rings. The van der Waals surface area contributed by atoms with E-state index in [-0.39, 0.29) is 23.6 Å². The Morgan fingerprint density at radius 3 is 2.96 bits per heavy atom. The van der Waals surface area contributed by atoms with Crippen LogP contribution in [-0.4, -0.2) is 41.0 Å². The molecule has 2 aromatic heterocycles. The van der Waals surface area contributed by atoms with Gasteiger partial charge in [-0.25, -0.2) is 0 Å². The van der Waals surface area contributed by atoms with Crippen LogP contribution in [0.1, 0.15) is 33.8 Å². The molecular formula is C18H23N3O5. The van der Waals surface area contributed by atoms with Gasteiger partial charge in [-0.3, -0.25) is 9.59 Å². The third kappa shape index (κ3) is 4.03. The minimum atomic E-state index is -0.316. The van der Waals surface area contributed by atoms with E-state index >= 15 is 0 Å². The lowest BCUT2D eigenvalue weighted by Gasteiger charge is -2.32. The summed E-state index contributed by atoms with van der Waals surface area (Å²) in [7, 11) is 1.64. The number of nitrogens with zero attached hydrogens (tertiary/aromatic N) is 2. The number of ether oxygens (including phenoxy) is 2. The SMILES string of the molecule is Cc1noc(C)c1CO[C@@H]1CCOC[C@@H]1NC(=O)c1ccn(C)c(=O)c1. The van der Waals surface area contributed by atoms with E-state index in [1.54, 1.807) is 19.3 Å².